The Hall–Kier alpha value is -1.55. The van der Waals surface area contributed by atoms with Gasteiger partial charge in [0, 0.05) is 6.54 Å². The van der Waals surface area contributed by atoms with Gasteiger partial charge in [0.2, 0.25) is 5.91 Å². The van der Waals surface area contributed by atoms with E-state index < -0.39 is 0 Å². The third kappa shape index (κ3) is 3.21. The number of nitrogens with zero attached hydrogens (tertiary/aromatic N) is 2. The molecule has 1 aromatic carbocycles. The van der Waals surface area contributed by atoms with Crippen molar-refractivity contribution in [3.8, 4) is 0 Å². The lowest BCUT2D eigenvalue weighted by atomic mass is 10.2. The lowest BCUT2D eigenvalue weighted by Crippen LogP contribution is -2.34. The smallest absolute Gasteiger partial charge is 0.242 e. The normalized spacial score (nSPS) is 12.9. The number of alkyl halides is 1. The maximum absolute atomic E-state index is 12.3. The second-order valence-corrected chi connectivity index (χ2v) is 6.06. The Bertz CT molecular complexity index is 648. The number of hydrogen-bond donors (Lipinski definition) is 1. The van der Waals surface area contributed by atoms with Crippen molar-refractivity contribution in [2.75, 3.05) is 6.54 Å². The fraction of sp³-hybridized carbons (Fsp3) is 0.500. The summed E-state index contributed by atoms with van der Waals surface area (Å²) in [5, 5.41) is 2.97. The molecular weight excluding hydrogens is 286 g/mol. The number of benzene rings is 1. The number of fused-ring (bicyclic) bond motifs is 1. The van der Waals surface area contributed by atoms with Crippen LogP contribution in [0.1, 0.15) is 38.2 Å². The molecule has 1 amide bonds. The monoisotopic (exact) mass is 307 g/mol. The molecule has 2 rings (SSSR count). The number of aromatic nitrogens is 2. The quantitative estimate of drug-likeness (QED) is 0.860. The average Bonchev–Trinajstić information content (AvgIpc) is 2.83. The zero-order valence-electron chi connectivity index (χ0n) is 13.0. The molecule has 5 heteroatoms. The predicted octanol–water partition coefficient (Wildman–Crippen LogP) is 3.42. The molecule has 0 aliphatic heterocycles. The highest BCUT2D eigenvalue weighted by molar-refractivity contribution is 6.17. The number of imidazole rings is 1. The summed E-state index contributed by atoms with van der Waals surface area (Å²) in [6.45, 7) is 8.72. The Balaban J connectivity index is 2.40. The van der Waals surface area contributed by atoms with Gasteiger partial charge in [0.15, 0.2) is 0 Å². The van der Waals surface area contributed by atoms with E-state index in [4.69, 9.17) is 11.6 Å². The van der Waals surface area contributed by atoms with Crippen LogP contribution in [0.4, 0.5) is 0 Å². The molecule has 1 N–H and O–H groups in total. The first-order valence-corrected chi connectivity index (χ1v) is 7.79. The van der Waals surface area contributed by atoms with Gasteiger partial charge in [0.25, 0.3) is 0 Å². The minimum atomic E-state index is -0.329. The molecule has 4 nitrogen and oxygen atoms in total. The van der Waals surface area contributed by atoms with Crippen LogP contribution in [-0.2, 0) is 10.7 Å². The van der Waals surface area contributed by atoms with Gasteiger partial charge in [-0.15, -0.1) is 11.6 Å². The van der Waals surface area contributed by atoms with Crippen molar-refractivity contribution in [2.24, 2.45) is 5.92 Å². The van der Waals surface area contributed by atoms with Gasteiger partial charge < -0.3 is 9.88 Å². The van der Waals surface area contributed by atoms with Gasteiger partial charge in [0.1, 0.15) is 11.9 Å². The Labute approximate surface area is 130 Å². The van der Waals surface area contributed by atoms with E-state index in [0.29, 0.717) is 12.5 Å². The molecule has 0 radical (unpaired) electrons. The van der Waals surface area contributed by atoms with Crippen molar-refractivity contribution in [2.45, 2.75) is 39.6 Å². The van der Waals surface area contributed by atoms with Crippen molar-refractivity contribution in [3.05, 3.63) is 29.6 Å². The van der Waals surface area contributed by atoms with E-state index in [1.165, 1.54) is 0 Å². The van der Waals surface area contributed by atoms with Crippen LogP contribution in [0, 0.1) is 12.8 Å². The van der Waals surface area contributed by atoms with Crippen molar-refractivity contribution in [3.63, 3.8) is 0 Å². The van der Waals surface area contributed by atoms with Gasteiger partial charge in [-0.1, -0.05) is 26.0 Å². The Morgan fingerprint density at radius 1 is 1.38 bits per heavy atom. The molecule has 0 aliphatic carbocycles. The van der Waals surface area contributed by atoms with Gasteiger partial charge in [-0.05, 0) is 31.4 Å². The zero-order valence-corrected chi connectivity index (χ0v) is 13.7. The molecule has 2 aromatic rings. The number of amides is 1. The van der Waals surface area contributed by atoms with E-state index in [9.17, 15) is 4.79 Å². The standard InChI is InChI=1S/C16H22ClN3O/c1-10(2)9-18-16(21)12(4)20-13-7-5-6-11(3)15(13)19-14(20)8-17/h5-7,10,12H,8-9H2,1-4H3,(H,18,21). The van der Waals surface area contributed by atoms with Gasteiger partial charge >= 0.3 is 0 Å². The van der Waals surface area contributed by atoms with Crippen LogP contribution in [0.2, 0.25) is 0 Å². The molecule has 1 atom stereocenters. The number of hydrogen-bond acceptors (Lipinski definition) is 2. The molecule has 0 bridgehead atoms. The molecule has 21 heavy (non-hydrogen) atoms. The van der Waals surface area contributed by atoms with Crippen LogP contribution in [0.25, 0.3) is 11.0 Å². The SMILES string of the molecule is Cc1cccc2c1nc(CCl)n2C(C)C(=O)NCC(C)C. The maximum Gasteiger partial charge on any atom is 0.242 e. The summed E-state index contributed by atoms with van der Waals surface area (Å²) in [7, 11) is 0. The van der Waals surface area contributed by atoms with Crippen LogP contribution in [0.5, 0.6) is 0 Å². The summed E-state index contributed by atoms with van der Waals surface area (Å²) in [5.74, 6) is 1.44. The summed E-state index contributed by atoms with van der Waals surface area (Å²) >= 11 is 6.02. The van der Waals surface area contributed by atoms with E-state index in [1.54, 1.807) is 0 Å². The highest BCUT2D eigenvalue weighted by Gasteiger charge is 2.21. The zero-order chi connectivity index (χ0) is 15.6. The predicted molar refractivity (Wildman–Crippen MR) is 86.6 cm³/mol. The summed E-state index contributed by atoms with van der Waals surface area (Å²) in [6.07, 6.45) is 0. The van der Waals surface area contributed by atoms with Crippen molar-refractivity contribution in [1.29, 1.82) is 0 Å². The van der Waals surface area contributed by atoms with Crippen molar-refractivity contribution < 1.29 is 4.79 Å². The lowest BCUT2D eigenvalue weighted by Gasteiger charge is -2.17. The molecule has 0 saturated carbocycles. The minimum Gasteiger partial charge on any atom is -0.354 e. The summed E-state index contributed by atoms with van der Waals surface area (Å²) < 4.78 is 1.94. The molecule has 1 heterocycles. The summed E-state index contributed by atoms with van der Waals surface area (Å²) in [6, 6.07) is 5.65. The van der Waals surface area contributed by atoms with E-state index >= 15 is 0 Å². The van der Waals surface area contributed by atoms with Crippen LogP contribution >= 0.6 is 11.6 Å². The van der Waals surface area contributed by atoms with Gasteiger partial charge in [-0.3, -0.25) is 4.79 Å². The highest BCUT2D eigenvalue weighted by Crippen LogP contribution is 2.24. The third-order valence-electron chi connectivity index (χ3n) is 3.57. The summed E-state index contributed by atoms with van der Waals surface area (Å²) in [5.41, 5.74) is 2.96. The molecule has 114 valence electrons. The largest absolute Gasteiger partial charge is 0.354 e. The average molecular weight is 308 g/mol. The Kier molecular flexibility index (Phi) is 4.88. The Morgan fingerprint density at radius 3 is 2.71 bits per heavy atom. The van der Waals surface area contributed by atoms with Crippen LogP contribution in [-0.4, -0.2) is 22.0 Å². The molecule has 0 saturated heterocycles. The molecule has 0 spiro atoms. The van der Waals surface area contributed by atoms with E-state index in [-0.39, 0.29) is 17.8 Å². The van der Waals surface area contributed by atoms with Gasteiger partial charge in [0.05, 0.1) is 16.9 Å². The number of rotatable bonds is 5. The van der Waals surface area contributed by atoms with Crippen molar-refractivity contribution in [1.82, 2.24) is 14.9 Å². The first kappa shape index (κ1) is 15.8. The van der Waals surface area contributed by atoms with Gasteiger partial charge in [-0.25, -0.2) is 4.98 Å². The van der Waals surface area contributed by atoms with Crippen molar-refractivity contribution >= 4 is 28.5 Å². The van der Waals surface area contributed by atoms with Crippen LogP contribution in [0.3, 0.4) is 0 Å². The fourth-order valence-electron chi connectivity index (χ4n) is 2.40. The molecule has 0 aliphatic rings. The second kappa shape index (κ2) is 6.48. The molecule has 1 aromatic heterocycles. The topological polar surface area (TPSA) is 46.9 Å². The van der Waals surface area contributed by atoms with Crippen LogP contribution in [0.15, 0.2) is 18.2 Å². The van der Waals surface area contributed by atoms with E-state index in [0.717, 1.165) is 22.4 Å². The van der Waals surface area contributed by atoms with Gasteiger partial charge in [-0.2, -0.15) is 0 Å². The third-order valence-corrected chi connectivity index (χ3v) is 3.80. The first-order chi connectivity index (χ1) is 9.95. The fourth-order valence-corrected chi connectivity index (χ4v) is 2.59. The van der Waals surface area contributed by atoms with Crippen LogP contribution < -0.4 is 5.32 Å². The Morgan fingerprint density at radius 2 is 2.10 bits per heavy atom. The number of carbonyl (C=O) groups is 1. The molecule has 1 unspecified atom stereocenters. The van der Waals surface area contributed by atoms with E-state index in [2.05, 4.69) is 24.1 Å². The number of nitrogens with one attached hydrogen (secondary N) is 1. The number of para-hydroxylation sites is 1. The second-order valence-electron chi connectivity index (χ2n) is 5.79. The highest BCUT2D eigenvalue weighted by atomic mass is 35.5. The number of halogens is 1. The number of carbonyl (C=O) groups excluding carboxylic acids is 1. The number of aryl methyl sites for hydroxylation is 1. The first-order valence-electron chi connectivity index (χ1n) is 7.25. The minimum absolute atomic E-state index is 0.00382. The van der Waals surface area contributed by atoms with E-state index in [1.807, 2.05) is 36.6 Å². The lowest BCUT2D eigenvalue weighted by molar-refractivity contribution is -0.124. The summed E-state index contributed by atoms with van der Waals surface area (Å²) in [4.78, 5) is 16.9. The molecular formula is C16H22ClN3O. The molecule has 0 fully saturated rings. The maximum atomic E-state index is 12.3.